The van der Waals surface area contributed by atoms with E-state index in [1.807, 2.05) is 58.2 Å². The summed E-state index contributed by atoms with van der Waals surface area (Å²) in [5.41, 5.74) is 2.19. The zero-order valence-corrected chi connectivity index (χ0v) is 17.4. The maximum absolute atomic E-state index is 11.0. The molecular formula is C21H28BN3O4. The van der Waals surface area contributed by atoms with Crippen molar-refractivity contribution in [3.63, 3.8) is 0 Å². The molecule has 2 fully saturated rings. The summed E-state index contributed by atoms with van der Waals surface area (Å²) in [5, 5.41) is 11.7. The number of aromatic amines is 1. The van der Waals surface area contributed by atoms with Gasteiger partial charge in [0.2, 0.25) is 0 Å². The standard InChI is InChI=1S/C21H28BN3O4/c1-20(2)21(3,4)29-22(28-20)14-10-8-13(9-11-14)17-12-23-18(24-17)15-6-5-7-16(15)25-19(26)27/h8-12,15-16,25H,5-7H2,1-4H3,(H,23,24)(H,26,27)/t15-,16-/m1/s1/i19+0. The van der Waals surface area contributed by atoms with Crippen LogP contribution < -0.4 is 10.8 Å². The van der Waals surface area contributed by atoms with Crippen molar-refractivity contribution in [2.75, 3.05) is 0 Å². The summed E-state index contributed by atoms with van der Waals surface area (Å²) < 4.78 is 12.2. The first kappa shape index (κ1) is 20.0. The van der Waals surface area contributed by atoms with E-state index in [-0.39, 0.29) is 30.3 Å². The maximum atomic E-state index is 11.0. The second-order valence-corrected chi connectivity index (χ2v) is 8.99. The number of nitrogens with one attached hydrogen (secondary N) is 2. The zero-order valence-electron chi connectivity index (χ0n) is 17.4. The van der Waals surface area contributed by atoms with Gasteiger partial charge < -0.3 is 24.7 Å². The van der Waals surface area contributed by atoms with Crippen LogP contribution in [0.2, 0.25) is 0 Å². The van der Waals surface area contributed by atoms with Crippen molar-refractivity contribution in [2.45, 2.75) is 70.1 Å². The summed E-state index contributed by atoms with van der Waals surface area (Å²) in [4.78, 5) is 18.9. The second kappa shape index (κ2) is 7.18. The van der Waals surface area contributed by atoms with Crippen LogP contribution in [0.5, 0.6) is 0 Å². The molecule has 1 aromatic carbocycles. The number of carboxylic acid groups (broad SMARTS) is 1. The van der Waals surface area contributed by atoms with Gasteiger partial charge >= 0.3 is 13.2 Å². The Balaban J connectivity index is 1.49. The van der Waals surface area contributed by atoms with E-state index in [1.165, 1.54) is 0 Å². The lowest BCUT2D eigenvalue weighted by molar-refractivity contribution is 0.00578. The molecule has 4 rings (SSSR count). The van der Waals surface area contributed by atoms with Gasteiger partial charge in [0.15, 0.2) is 0 Å². The van der Waals surface area contributed by atoms with Gasteiger partial charge in [0.05, 0.1) is 23.1 Å². The average Bonchev–Trinajstić information content (AvgIpc) is 3.33. The number of nitrogens with zero attached hydrogens (tertiary/aromatic N) is 1. The molecule has 8 heteroatoms. The number of hydrogen-bond donors (Lipinski definition) is 3. The third-order valence-corrected chi connectivity index (χ3v) is 6.52. The Bertz CT molecular complexity index is 878. The monoisotopic (exact) mass is 397 g/mol. The molecule has 1 saturated heterocycles. The summed E-state index contributed by atoms with van der Waals surface area (Å²) in [6.07, 6.45) is 3.60. The van der Waals surface area contributed by atoms with Crippen LogP contribution >= 0.6 is 0 Å². The minimum atomic E-state index is -0.980. The van der Waals surface area contributed by atoms with Crippen molar-refractivity contribution in [2.24, 2.45) is 0 Å². The van der Waals surface area contributed by atoms with E-state index in [0.29, 0.717) is 0 Å². The minimum absolute atomic E-state index is 0.0859. The maximum Gasteiger partial charge on any atom is 0.494 e. The van der Waals surface area contributed by atoms with Gasteiger partial charge in [-0.1, -0.05) is 30.7 Å². The van der Waals surface area contributed by atoms with Crippen molar-refractivity contribution in [1.82, 2.24) is 15.3 Å². The fourth-order valence-electron chi connectivity index (χ4n) is 4.09. The predicted octanol–water partition coefficient (Wildman–Crippen LogP) is 3.28. The van der Waals surface area contributed by atoms with E-state index in [2.05, 4.69) is 15.3 Å². The molecule has 1 saturated carbocycles. The molecule has 0 bridgehead atoms. The van der Waals surface area contributed by atoms with Crippen LogP contribution in [-0.2, 0) is 9.31 Å². The fraction of sp³-hybridized carbons (Fsp3) is 0.524. The molecule has 1 aliphatic carbocycles. The molecule has 3 N–H and O–H groups in total. The first-order valence-electron chi connectivity index (χ1n) is 10.2. The Morgan fingerprint density at radius 3 is 2.45 bits per heavy atom. The van der Waals surface area contributed by atoms with Crippen LogP contribution in [0.1, 0.15) is 58.7 Å². The highest BCUT2D eigenvalue weighted by atomic mass is 16.7. The topological polar surface area (TPSA) is 96.5 Å². The number of imidazole rings is 1. The van der Waals surface area contributed by atoms with Gasteiger partial charge in [-0.3, -0.25) is 0 Å². The Morgan fingerprint density at radius 1 is 1.17 bits per heavy atom. The van der Waals surface area contributed by atoms with Gasteiger partial charge in [0, 0.05) is 12.0 Å². The number of amides is 1. The van der Waals surface area contributed by atoms with Crippen molar-refractivity contribution < 1.29 is 19.2 Å². The van der Waals surface area contributed by atoms with Gasteiger partial charge in [-0.2, -0.15) is 0 Å². The van der Waals surface area contributed by atoms with Gasteiger partial charge in [0.1, 0.15) is 5.82 Å². The number of hydrogen-bond acceptors (Lipinski definition) is 4. The molecule has 2 heterocycles. The minimum Gasteiger partial charge on any atom is -0.465 e. The first-order valence-corrected chi connectivity index (χ1v) is 10.2. The van der Waals surface area contributed by atoms with E-state index in [4.69, 9.17) is 14.4 Å². The highest BCUT2D eigenvalue weighted by Crippen LogP contribution is 2.37. The molecule has 2 aromatic rings. The highest BCUT2D eigenvalue weighted by molar-refractivity contribution is 6.62. The van der Waals surface area contributed by atoms with E-state index < -0.39 is 6.09 Å². The highest BCUT2D eigenvalue weighted by Gasteiger charge is 2.51. The van der Waals surface area contributed by atoms with Crippen LogP contribution in [0.4, 0.5) is 4.79 Å². The quantitative estimate of drug-likeness (QED) is 0.688. The van der Waals surface area contributed by atoms with Gasteiger partial charge in [0.25, 0.3) is 0 Å². The largest absolute Gasteiger partial charge is 0.494 e. The Morgan fingerprint density at radius 2 is 1.83 bits per heavy atom. The molecular weight excluding hydrogens is 369 g/mol. The zero-order chi connectivity index (χ0) is 20.8. The second-order valence-electron chi connectivity index (χ2n) is 8.99. The summed E-state index contributed by atoms with van der Waals surface area (Å²) in [5.74, 6) is 0.926. The molecule has 0 radical (unpaired) electrons. The van der Waals surface area contributed by atoms with Crippen LogP contribution in [0.25, 0.3) is 11.3 Å². The van der Waals surface area contributed by atoms with Crippen LogP contribution in [0.15, 0.2) is 30.5 Å². The smallest absolute Gasteiger partial charge is 0.465 e. The van der Waals surface area contributed by atoms with Crippen LogP contribution in [-0.4, -0.2) is 45.5 Å². The molecule has 1 amide bonds. The molecule has 154 valence electrons. The van der Waals surface area contributed by atoms with Gasteiger partial charge in [-0.15, -0.1) is 0 Å². The summed E-state index contributed by atoms with van der Waals surface area (Å²) in [6.45, 7) is 8.18. The van der Waals surface area contributed by atoms with Gasteiger partial charge in [-0.25, -0.2) is 9.78 Å². The van der Waals surface area contributed by atoms with Crippen LogP contribution in [0.3, 0.4) is 0 Å². The van der Waals surface area contributed by atoms with Crippen molar-refractivity contribution >= 4 is 18.7 Å². The molecule has 0 unspecified atom stereocenters. The summed E-state index contributed by atoms with van der Waals surface area (Å²) in [6, 6.07) is 8.00. The Kier molecular flexibility index (Phi) is 4.95. The average molecular weight is 397 g/mol. The number of benzene rings is 1. The molecule has 7 nitrogen and oxygen atoms in total. The summed E-state index contributed by atoms with van der Waals surface area (Å²) >= 11 is 0. The van der Waals surface area contributed by atoms with Gasteiger partial charge in [-0.05, 0) is 51.6 Å². The predicted molar refractivity (Wildman–Crippen MR) is 111 cm³/mol. The number of rotatable bonds is 4. The number of carbonyl (C=O) groups is 1. The lowest BCUT2D eigenvalue weighted by Crippen LogP contribution is -2.41. The van der Waals surface area contributed by atoms with E-state index >= 15 is 0 Å². The lowest BCUT2D eigenvalue weighted by Gasteiger charge is -2.32. The van der Waals surface area contributed by atoms with E-state index in [9.17, 15) is 4.79 Å². The van der Waals surface area contributed by atoms with E-state index in [1.54, 1.807) is 0 Å². The number of aromatic nitrogens is 2. The third kappa shape index (κ3) is 3.79. The molecule has 1 aliphatic heterocycles. The third-order valence-electron chi connectivity index (χ3n) is 6.52. The molecule has 1 aromatic heterocycles. The van der Waals surface area contributed by atoms with Crippen LogP contribution in [0, 0.1) is 0 Å². The SMILES string of the molecule is CC1(C)OB(c2ccc(-c3cnc([C@@H]4CCC[C@H]4N[12C](=O)O)[nH]3)cc2)OC1(C)C. The summed E-state index contributed by atoms with van der Waals surface area (Å²) in [7, 11) is -0.382. The molecule has 29 heavy (non-hydrogen) atoms. The van der Waals surface area contributed by atoms with Crippen molar-refractivity contribution in [1.29, 1.82) is 0 Å². The Hall–Kier alpha value is -2.32. The molecule has 2 aliphatic rings. The van der Waals surface area contributed by atoms with E-state index in [0.717, 1.165) is 41.8 Å². The first-order chi connectivity index (χ1) is 13.7. The van der Waals surface area contributed by atoms with Crippen molar-refractivity contribution in [3.05, 3.63) is 36.3 Å². The number of H-pyrrole nitrogens is 1. The Labute approximate surface area is 171 Å². The fourth-order valence-corrected chi connectivity index (χ4v) is 4.09. The molecule has 0 spiro atoms. The lowest BCUT2D eigenvalue weighted by atomic mass is 9.79. The van der Waals surface area contributed by atoms with Crippen molar-refractivity contribution in [3.8, 4) is 11.3 Å². The molecule has 2 atom stereocenters. The normalized spacial score (nSPS) is 25.3.